The normalized spacial score (nSPS) is 11.3. The Kier molecular flexibility index (Phi) is 11.4. The lowest BCUT2D eigenvalue weighted by atomic mass is 10.0. The van der Waals surface area contributed by atoms with Crippen molar-refractivity contribution < 1.29 is 18.1 Å². The minimum atomic E-state index is -3.48. The van der Waals surface area contributed by atoms with Crippen molar-refractivity contribution in [2.24, 2.45) is 0 Å². The molecule has 1 aromatic carbocycles. The van der Waals surface area contributed by atoms with Crippen LogP contribution in [0.25, 0.3) is 0 Å². The van der Waals surface area contributed by atoms with Crippen molar-refractivity contribution >= 4 is 7.82 Å². The molecular weight excluding hydrogens is 313 g/mol. The fourth-order valence-electron chi connectivity index (χ4n) is 1.87. The van der Waals surface area contributed by atoms with E-state index in [2.05, 4.69) is 13.8 Å². The zero-order valence-corrected chi connectivity index (χ0v) is 15.9. The molecule has 134 valence electrons. The van der Waals surface area contributed by atoms with Gasteiger partial charge in [0.1, 0.15) is 0 Å². The molecule has 6 heteroatoms. The van der Waals surface area contributed by atoms with Gasteiger partial charge < -0.3 is 6.15 Å². The average molecular weight is 345 g/mol. The van der Waals surface area contributed by atoms with Crippen LogP contribution in [0.15, 0.2) is 18.2 Å². The highest BCUT2D eigenvalue weighted by Crippen LogP contribution is 2.50. The van der Waals surface area contributed by atoms with Crippen LogP contribution in [0.2, 0.25) is 0 Å². The topological polar surface area (TPSA) is 79.8 Å². The largest absolute Gasteiger partial charge is 0.475 e. The number of hydrogen-bond acceptors (Lipinski definition) is 5. The first-order chi connectivity index (χ1) is 10.5. The molecular formula is C17H32NO4P. The molecule has 0 unspecified atom stereocenters. The zero-order valence-electron chi connectivity index (χ0n) is 15.0. The van der Waals surface area contributed by atoms with Crippen molar-refractivity contribution in [3.63, 3.8) is 0 Å². The van der Waals surface area contributed by atoms with Crippen molar-refractivity contribution in [1.82, 2.24) is 6.15 Å². The van der Waals surface area contributed by atoms with Gasteiger partial charge in [-0.15, -0.1) is 0 Å². The molecule has 0 aromatic heterocycles. The minimum Gasteiger partial charge on any atom is -0.344 e. The second-order valence-corrected chi connectivity index (χ2v) is 7.12. The van der Waals surface area contributed by atoms with Crippen LogP contribution in [0, 0.1) is 13.8 Å². The van der Waals surface area contributed by atoms with Gasteiger partial charge in [-0.1, -0.05) is 44.9 Å². The molecule has 0 heterocycles. The molecule has 0 fully saturated rings. The van der Waals surface area contributed by atoms with Crippen LogP contribution in [0.5, 0.6) is 0 Å². The molecule has 0 aliphatic rings. The highest BCUT2D eigenvalue weighted by molar-refractivity contribution is 7.48. The number of benzene rings is 1. The molecule has 0 amide bonds. The maximum atomic E-state index is 12.7. The fraction of sp³-hybridized carbons (Fsp3) is 0.647. The smallest absolute Gasteiger partial charge is 0.344 e. The van der Waals surface area contributed by atoms with Gasteiger partial charge in [-0.05, 0) is 43.4 Å². The van der Waals surface area contributed by atoms with Gasteiger partial charge in [-0.25, -0.2) is 4.57 Å². The van der Waals surface area contributed by atoms with E-state index in [1.807, 2.05) is 32.0 Å². The molecule has 1 rings (SSSR count). The van der Waals surface area contributed by atoms with Crippen LogP contribution in [0.3, 0.4) is 0 Å². The Balaban J connectivity index is 0.00000484. The van der Waals surface area contributed by atoms with Crippen molar-refractivity contribution in [3.8, 4) is 0 Å². The van der Waals surface area contributed by atoms with Gasteiger partial charge in [0.25, 0.3) is 0 Å². The van der Waals surface area contributed by atoms with Crippen LogP contribution >= 0.6 is 7.82 Å². The Hall–Kier alpha value is -0.710. The minimum absolute atomic E-state index is 0. The molecule has 0 radical (unpaired) electrons. The van der Waals surface area contributed by atoms with Gasteiger partial charge in [0.2, 0.25) is 0 Å². The molecule has 0 atom stereocenters. The third kappa shape index (κ3) is 8.09. The fourth-order valence-corrected chi connectivity index (χ4v) is 3.10. The van der Waals surface area contributed by atoms with Gasteiger partial charge in [0, 0.05) is 0 Å². The first-order valence-electron chi connectivity index (χ1n) is 8.11. The van der Waals surface area contributed by atoms with E-state index in [1.54, 1.807) is 0 Å². The summed E-state index contributed by atoms with van der Waals surface area (Å²) < 4.78 is 29.1. The van der Waals surface area contributed by atoms with Crippen molar-refractivity contribution in [2.75, 3.05) is 13.2 Å². The standard InChI is InChI=1S/C17H29O4P.H3N/c1-5-7-12-19-22(18,20-13-8-6-2)21-14-17-11-9-10-15(3)16(17)4;/h9-11H,5-8,12-14H2,1-4H3;1H3. The Bertz CT molecular complexity index is 479. The van der Waals surface area contributed by atoms with Gasteiger partial charge in [0.15, 0.2) is 0 Å². The second kappa shape index (κ2) is 11.8. The van der Waals surface area contributed by atoms with Crippen LogP contribution in [0.1, 0.15) is 56.2 Å². The highest BCUT2D eigenvalue weighted by Gasteiger charge is 2.26. The van der Waals surface area contributed by atoms with E-state index in [4.69, 9.17) is 13.6 Å². The van der Waals surface area contributed by atoms with E-state index < -0.39 is 7.82 Å². The summed E-state index contributed by atoms with van der Waals surface area (Å²) in [6.45, 7) is 9.23. The molecule has 23 heavy (non-hydrogen) atoms. The summed E-state index contributed by atoms with van der Waals surface area (Å²) in [7, 11) is -3.48. The quantitative estimate of drug-likeness (QED) is 0.409. The summed E-state index contributed by atoms with van der Waals surface area (Å²) in [5.74, 6) is 0. The maximum Gasteiger partial charge on any atom is 0.475 e. The van der Waals surface area contributed by atoms with E-state index in [9.17, 15) is 4.57 Å². The molecule has 0 saturated carbocycles. The lowest BCUT2D eigenvalue weighted by Crippen LogP contribution is -2.04. The monoisotopic (exact) mass is 345 g/mol. The summed E-state index contributed by atoms with van der Waals surface area (Å²) in [6.07, 6.45) is 3.64. The van der Waals surface area contributed by atoms with Gasteiger partial charge >= 0.3 is 7.82 Å². The van der Waals surface area contributed by atoms with Crippen LogP contribution < -0.4 is 6.15 Å². The lowest BCUT2D eigenvalue weighted by Gasteiger charge is -2.19. The third-order valence-electron chi connectivity index (χ3n) is 3.59. The van der Waals surface area contributed by atoms with Crippen LogP contribution in [0.4, 0.5) is 0 Å². The van der Waals surface area contributed by atoms with E-state index >= 15 is 0 Å². The Labute approximate surface area is 140 Å². The lowest BCUT2D eigenvalue weighted by molar-refractivity contribution is 0.106. The summed E-state index contributed by atoms with van der Waals surface area (Å²) in [5, 5.41) is 0. The first kappa shape index (κ1) is 22.3. The first-order valence-corrected chi connectivity index (χ1v) is 9.57. The van der Waals surface area contributed by atoms with Gasteiger partial charge in [-0.3, -0.25) is 13.6 Å². The van der Waals surface area contributed by atoms with E-state index in [0.717, 1.165) is 36.8 Å². The summed E-state index contributed by atoms with van der Waals surface area (Å²) in [5.41, 5.74) is 3.35. The highest BCUT2D eigenvalue weighted by atomic mass is 31.2. The molecule has 0 saturated heterocycles. The molecule has 5 nitrogen and oxygen atoms in total. The zero-order chi connectivity index (χ0) is 16.4. The van der Waals surface area contributed by atoms with Crippen LogP contribution in [-0.4, -0.2) is 13.2 Å². The van der Waals surface area contributed by atoms with Crippen LogP contribution in [-0.2, 0) is 24.7 Å². The number of aryl methyl sites for hydroxylation is 1. The molecule has 0 aliphatic carbocycles. The number of unbranched alkanes of at least 4 members (excludes halogenated alkanes) is 2. The van der Waals surface area contributed by atoms with Crippen molar-refractivity contribution in [1.29, 1.82) is 0 Å². The van der Waals surface area contributed by atoms with E-state index in [1.165, 1.54) is 5.56 Å². The SMILES string of the molecule is CCCCOP(=O)(OCCCC)OCc1cccc(C)c1C.N. The molecule has 0 spiro atoms. The number of phosphoric ester groups is 1. The van der Waals surface area contributed by atoms with Gasteiger partial charge in [-0.2, -0.15) is 0 Å². The molecule has 0 bridgehead atoms. The number of phosphoric acid groups is 1. The molecule has 0 aliphatic heterocycles. The van der Waals surface area contributed by atoms with Crippen molar-refractivity contribution in [3.05, 3.63) is 34.9 Å². The summed E-state index contributed by atoms with van der Waals surface area (Å²) in [4.78, 5) is 0. The maximum absolute atomic E-state index is 12.7. The third-order valence-corrected chi connectivity index (χ3v) is 5.03. The average Bonchev–Trinajstić information content (AvgIpc) is 2.49. The second-order valence-electron chi connectivity index (χ2n) is 5.45. The van der Waals surface area contributed by atoms with E-state index in [0.29, 0.717) is 13.2 Å². The van der Waals surface area contributed by atoms with E-state index in [-0.39, 0.29) is 12.8 Å². The van der Waals surface area contributed by atoms with Crippen molar-refractivity contribution in [2.45, 2.75) is 60.0 Å². The summed E-state index contributed by atoms with van der Waals surface area (Å²) in [6, 6.07) is 6.00. The Morgan fingerprint density at radius 2 is 1.52 bits per heavy atom. The Morgan fingerprint density at radius 3 is 2.04 bits per heavy atom. The Morgan fingerprint density at radius 1 is 0.957 bits per heavy atom. The molecule has 1 aromatic rings. The molecule has 3 N–H and O–H groups in total. The number of hydrogen-bond donors (Lipinski definition) is 1. The predicted molar refractivity (Wildman–Crippen MR) is 95.1 cm³/mol. The predicted octanol–water partition coefficient (Wildman–Crippen LogP) is 5.72. The number of rotatable bonds is 11. The summed E-state index contributed by atoms with van der Waals surface area (Å²) >= 11 is 0. The van der Waals surface area contributed by atoms with Gasteiger partial charge in [0.05, 0.1) is 19.8 Å².